The second-order valence-electron chi connectivity index (χ2n) is 11.3. The molecule has 3 heterocycles. The van der Waals surface area contributed by atoms with E-state index in [1.807, 2.05) is 53.6 Å². The van der Waals surface area contributed by atoms with Crippen LogP contribution in [0, 0.1) is 0 Å². The van der Waals surface area contributed by atoms with Gasteiger partial charge in [0, 0.05) is 37.5 Å². The number of thiophene rings is 1. The van der Waals surface area contributed by atoms with Gasteiger partial charge in [-0.15, -0.1) is 16.4 Å². The summed E-state index contributed by atoms with van der Waals surface area (Å²) >= 11 is 1.64. The van der Waals surface area contributed by atoms with Gasteiger partial charge in [-0.3, -0.25) is 0 Å². The Bertz CT molecular complexity index is 2700. The molecule has 0 atom stereocenters. The quantitative estimate of drug-likeness (QED) is 0.200. The lowest BCUT2D eigenvalue weighted by Gasteiger charge is -2.33. The van der Waals surface area contributed by atoms with Crippen LogP contribution >= 0.6 is 11.3 Å². The molecule has 0 aliphatic carbocycles. The molecule has 1 aliphatic heterocycles. The van der Waals surface area contributed by atoms with Crippen molar-refractivity contribution in [3.63, 3.8) is 0 Å². The third kappa shape index (κ3) is 3.53. The molecule has 10 rings (SSSR count). The predicted molar refractivity (Wildman–Crippen MR) is 188 cm³/mol. The number of fused-ring (bicyclic) bond motifs is 13. The normalized spacial score (nSPS) is 12.9. The maximum Gasteiger partial charge on any atom is 0.265 e. The van der Waals surface area contributed by atoms with Gasteiger partial charge in [0.1, 0.15) is 5.69 Å². The Hall–Kier alpha value is -5.78. The summed E-state index contributed by atoms with van der Waals surface area (Å²) in [6, 6.07) is 46.1. The summed E-state index contributed by atoms with van der Waals surface area (Å²) in [5.74, 6) is 1.20. The maximum absolute atomic E-state index is 8.84. The average molecular weight is 595 g/mol. The number of hydrogen-bond donors (Lipinski definition) is 0. The summed E-state index contributed by atoms with van der Waals surface area (Å²) in [5.41, 5.74) is 5.72. The fourth-order valence-corrected chi connectivity index (χ4v) is 8.08. The van der Waals surface area contributed by atoms with E-state index < -0.39 is 0 Å². The molecule has 0 radical (unpaired) electrons. The average Bonchev–Trinajstić information content (AvgIpc) is 3.52. The molecule has 0 fully saturated rings. The van der Waals surface area contributed by atoms with Crippen LogP contribution in [-0.2, 0) is 0 Å². The van der Waals surface area contributed by atoms with Crippen LogP contribution in [0.3, 0.4) is 0 Å². The number of anilines is 2. The van der Waals surface area contributed by atoms with Crippen LogP contribution in [0.25, 0.3) is 75.0 Å². The Morgan fingerprint density at radius 1 is 0.600 bits per heavy atom. The molecular weight excluding hydrogens is 571 g/mol. The molecule has 0 bridgehead atoms. The Labute approximate surface area is 263 Å². The third-order valence-electron chi connectivity index (χ3n) is 8.79. The Morgan fingerprint density at radius 3 is 2.20 bits per heavy atom. The van der Waals surface area contributed by atoms with E-state index in [-0.39, 0.29) is 0 Å². The van der Waals surface area contributed by atoms with E-state index in [2.05, 4.69) is 84.9 Å². The highest BCUT2D eigenvalue weighted by Gasteiger charge is 2.34. The molecule has 7 aromatic carbocycles. The van der Waals surface area contributed by atoms with Crippen molar-refractivity contribution in [3.8, 4) is 28.1 Å². The molecule has 9 aromatic rings. The van der Waals surface area contributed by atoms with E-state index in [4.69, 9.17) is 16.2 Å². The van der Waals surface area contributed by atoms with Crippen LogP contribution in [0.15, 0.2) is 140 Å². The SMILES string of the molecule is [2H]c1cccc2c1sc1c3c(c4ccccc4c12)-c1c(ccc2ccccc12)ON3c1nc(-c2ccccc2)c2ccccc2n1. The largest absolute Gasteiger partial charge is 0.371 e. The molecule has 4 nitrogen and oxygen atoms in total. The molecule has 0 unspecified atom stereocenters. The first-order valence-corrected chi connectivity index (χ1v) is 15.8. The molecular formula is C40H23N3OS. The van der Waals surface area contributed by atoms with Crippen LogP contribution in [0.4, 0.5) is 11.6 Å². The number of rotatable bonds is 2. The predicted octanol–water partition coefficient (Wildman–Crippen LogP) is 11.1. The highest BCUT2D eigenvalue weighted by atomic mass is 32.1. The minimum Gasteiger partial charge on any atom is -0.371 e. The number of para-hydroxylation sites is 1. The lowest BCUT2D eigenvalue weighted by Crippen LogP contribution is -2.28. The van der Waals surface area contributed by atoms with Gasteiger partial charge in [0.2, 0.25) is 0 Å². The Balaban J connectivity index is 1.39. The number of hydrogen-bond acceptors (Lipinski definition) is 5. The molecule has 0 N–H and O–H groups in total. The van der Waals surface area contributed by atoms with Gasteiger partial charge in [-0.05, 0) is 39.7 Å². The van der Waals surface area contributed by atoms with Gasteiger partial charge in [-0.25, -0.2) is 9.97 Å². The smallest absolute Gasteiger partial charge is 0.265 e. The number of nitrogens with zero attached hydrogens (tertiary/aromatic N) is 3. The lowest BCUT2D eigenvalue weighted by molar-refractivity contribution is 0.316. The van der Waals surface area contributed by atoms with Gasteiger partial charge < -0.3 is 4.84 Å². The van der Waals surface area contributed by atoms with Crippen LogP contribution in [0.5, 0.6) is 5.75 Å². The summed E-state index contributed by atoms with van der Waals surface area (Å²) < 4.78 is 10.8. The monoisotopic (exact) mass is 594 g/mol. The number of benzene rings is 7. The molecule has 0 amide bonds. The second-order valence-corrected chi connectivity index (χ2v) is 12.3. The maximum atomic E-state index is 8.84. The van der Waals surface area contributed by atoms with Crippen LogP contribution in [0.1, 0.15) is 1.37 Å². The molecule has 1 aliphatic rings. The van der Waals surface area contributed by atoms with Crippen molar-refractivity contribution < 1.29 is 6.21 Å². The molecule has 0 spiro atoms. The first kappa shape index (κ1) is 23.6. The highest BCUT2D eigenvalue weighted by Crippen LogP contribution is 2.56. The van der Waals surface area contributed by atoms with E-state index in [0.29, 0.717) is 12.0 Å². The molecule has 0 saturated heterocycles. The minimum atomic E-state index is 0.456. The van der Waals surface area contributed by atoms with Gasteiger partial charge in [0.05, 0.1) is 17.3 Å². The minimum absolute atomic E-state index is 0.456. The van der Waals surface area contributed by atoms with E-state index in [1.54, 1.807) is 11.3 Å². The van der Waals surface area contributed by atoms with Crippen molar-refractivity contribution in [2.75, 3.05) is 5.06 Å². The zero-order valence-electron chi connectivity index (χ0n) is 24.9. The van der Waals surface area contributed by atoms with Crippen molar-refractivity contribution in [1.29, 1.82) is 0 Å². The summed E-state index contributed by atoms with van der Waals surface area (Å²) in [4.78, 5) is 17.3. The van der Waals surface area contributed by atoms with Gasteiger partial charge >= 0.3 is 0 Å². The van der Waals surface area contributed by atoms with Gasteiger partial charge in [0.15, 0.2) is 5.75 Å². The zero-order valence-corrected chi connectivity index (χ0v) is 24.7. The standard InChI is InChI=1S/C40H23N3OS/c1-2-13-25(14-3-1)37-29-18-8-10-20-31(29)41-40(42-37)43-38-36(35-26-15-5-4-12-24(26)22-23-32(35)44-43)28-17-7-6-16-27(28)34-30-19-9-11-21-33(30)45-39(34)38/h1-23H/i21D. The van der Waals surface area contributed by atoms with Gasteiger partial charge in [0.25, 0.3) is 5.95 Å². The molecule has 5 heteroatoms. The van der Waals surface area contributed by atoms with Crippen LogP contribution in [0.2, 0.25) is 0 Å². The topological polar surface area (TPSA) is 38.2 Å². The van der Waals surface area contributed by atoms with Gasteiger partial charge in [-0.2, -0.15) is 0 Å². The van der Waals surface area contributed by atoms with Crippen molar-refractivity contribution in [2.45, 2.75) is 0 Å². The van der Waals surface area contributed by atoms with Crippen molar-refractivity contribution in [2.24, 2.45) is 0 Å². The second kappa shape index (κ2) is 9.36. The first-order chi connectivity index (χ1) is 22.7. The molecule has 210 valence electrons. The first-order valence-electron chi connectivity index (χ1n) is 15.4. The lowest BCUT2D eigenvalue weighted by atomic mass is 9.89. The van der Waals surface area contributed by atoms with E-state index >= 15 is 0 Å². The summed E-state index contributed by atoms with van der Waals surface area (Å²) in [6.07, 6.45) is 0. The Kier molecular flexibility index (Phi) is 4.92. The highest BCUT2D eigenvalue weighted by molar-refractivity contribution is 7.26. The Morgan fingerprint density at radius 2 is 1.31 bits per heavy atom. The van der Waals surface area contributed by atoms with E-state index in [0.717, 1.165) is 86.4 Å². The fraction of sp³-hybridized carbons (Fsp3) is 0. The van der Waals surface area contributed by atoms with Crippen molar-refractivity contribution in [3.05, 3.63) is 140 Å². The summed E-state index contributed by atoms with van der Waals surface area (Å²) in [7, 11) is 0. The van der Waals surface area contributed by atoms with Crippen molar-refractivity contribution >= 4 is 75.6 Å². The number of aromatic nitrogens is 2. The molecule has 0 saturated carbocycles. The fourth-order valence-electron chi connectivity index (χ4n) is 6.86. The summed E-state index contributed by atoms with van der Waals surface area (Å²) in [6.45, 7) is 0. The van der Waals surface area contributed by atoms with Gasteiger partial charge in [-0.1, -0.05) is 121 Å². The van der Waals surface area contributed by atoms with Crippen molar-refractivity contribution in [1.82, 2.24) is 9.97 Å². The van der Waals surface area contributed by atoms with Crippen LogP contribution in [-0.4, -0.2) is 9.97 Å². The van der Waals surface area contributed by atoms with Crippen LogP contribution < -0.4 is 9.90 Å². The van der Waals surface area contributed by atoms with E-state index in [1.165, 1.54) is 0 Å². The third-order valence-corrected chi connectivity index (χ3v) is 9.93. The summed E-state index contributed by atoms with van der Waals surface area (Å²) in [5, 5.41) is 9.53. The molecule has 45 heavy (non-hydrogen) atoms. The van der Waals surface area contributed by atoms with E-state index in [9.17, 15) is 0 Å². The zero-order chi connectivity index (χ0) is 30.4. The molecule has 2 aromatic heterocycles.